The number of hydrogen-bond acceptors (Lipinski definition) is 6. The Hall–Kier alpha value is -3.00. The topological polar surface area (TPSA) is 104 Å². The van der Waals surface area contributed by atoms with Gasteiger partial charge in [0.1, 0.15) is 5.75 Å². The lowest BCUT2D eigenvalue weighted by Crippen LogP contribution is -2.23. The molecule has 33 heavy (non-hydrogen) atoms. The molecule has 7 nitrogen and oxygen atoms in total. The number of nitrogens with zero attached hydrogens (tertiary/aromatic N) is 3. The summed E-state index contributed by atoms with van der Waals surface area (Å²) < 4.78 is 5.82. The van der Waals surface area contributed by atoms with Gasteiger partial charge in [0.05, 0.1) is 35.6 Å². The third kappa shape index (κ3) is 4.08. The standard InChI is InChI=1S/C25H25ClN4O3/c1-24(2,13-31)20-8-7-17(12-27-20)33-23-28-19-11-18(26)21(29-22(19)30-23)15-3-5-16(6-4-15)25(14-32)9-10-25/h3-8,11-12,31-32H,9-10,13-14H2,1-2H3,(H,28,29,30). The number of aromatic nitrogens is 4. The minimum Gasteiger partial charge on any atom is -0.424 e. The molecule has 1 fully saturated rings. The fourth-order valence-electron chi connectivity index (χ4n) is 3.85. The van der Waals surface area contributed by atoms with Crippen LogP contribution in [0.15, 0.2) is 48.7 Å². The molecule has 1 aliphatic carbocycles. The number of hydrogen-bond donors (Lipinski definition) is 3. The van der Waals surface area contributed by atoms with E-state index in [9.17, 15) is 10.2 Å². The van der Waals surface area contributed by atoms with Gasteiger partial charge in [0.2, 0.25) is 0 Å². The molecule has 0 radical (unpaired) electrons. The van der Waals surface area contributed by atoms with Crippen LogP contribution in [0.3, 0.4) is 0 Å². The molecule has 0 atom stereocenters. The quantitative estimate of drug-likeness (QED) is 0.364. The molecule has 0 unspecified atom stereocenters. The van der Waals surface area contributed by atoms with Crippen LogP contribution in [0.1, 0.15) is 37.9 Å². The molecule has 0 spiro atoms. The average molecular weight is 465 g/mol. The van der Waals surface area contributed by atoms with Crippen LogP contribution in [-0.4, -0.2) is 43.4 Å². The van der Waals surface area contributed by atoms with Gasteiger partial charge in [0.15, 0.2) is 5.65 Å². The number of aliphatic hydroxyl groups excluding tert-OH is 2. The van der Waals surface area contributed by atoms with Crippen molar-refractivity contribution < 1.29 is 14.9 Å². The van der Waals surface area contributed by atoms with E-state index < -0.39 is 5.41 Å². The Morgan fingerprint density at radius 2 is 1.85 bits per heavy atom. The zero-order valence-corrected chi connectivity index (χ0v) is 19.2. The van der Waals surface area contributed by atoms with E-state index in [0.29, 0.717) is 27.6 Å². The first-order valence-electron chi connectivity index (χ1n) is 10.9. The first kappa shape index (κ1) is 21.8. The van der Waals surface area contributed by atoms with E-state index in [4.69, 9.17) is 16.3 Å². The second-order valence-electron chi connectivity index (χ2n) is 9.27. The van der Waals surface area contributed by atoms with Gasteiger partial charge >= 0.3 is 6.01 Å². The molecule has 1 aliphatic rings. The Labute approximate surface area is 196 Å². The Balaban J connectivity index is 1.39. The number of halogens is 1. The number of fused-ring (bicyclic) bond motifs is 1. The molecule has 0 aliphatic heterocycles. The van der Waals surface area contributed by atoms with Gasteiger partial charge in [-0.05, 0) is 36.6 Å². The summed E-state index contributed by atoms with van der Waals surface area (Å²) in [6, 6.07) is 13.7. The molecule has 0 bridgehead atoms. The van der Waals surface area contributed by atoms with Crippen molar-refractivity contribution in [1.82, 2.24) is 19.9 Å². The van der Waals surface area contributed by atoms with Gasteiger partial charge in [0, 0.05) is 22.1 Å². The van der Waals surface area contributed by atoms with Crippen LogP contribution in [0.4, 0.5) is 0 Å². The van der Waals surface area contributed by atoms with Gasteiger partial charge in [-0.15, -0.1) is 0 Å². The summed E-state index contributed by atoms with van der Waals surface area (Å²) in [6.07, 6.45) is 3.63. The van der Waals surface area contributed by atoms with Crippen LogP contribution in [-0.2, 0) is 10.8 Å². The molecule has 1 saturated carbocycles. The Kier molecular flexibility index (Phi) is 5.35. The molecule has 0 saturated heterocycles. The molecular weight excluding hydrogens is 440 g/mol. The average Bonchev–Trinajstić information content (AvgIpc) is 3.53. The molecule has 4 aromatic rings. The zero-order valence-electron chi connectivity index (χ0n) is 18.5. The van der Waals surface area contributed by atoms with Crippen LogP contribution >= 0.6 is 11.6 Å². The van der Waals surface area contributed by atoms with Gasteiger partial charge in [-0.3, -0.25) is 4.98 Å². The highest BCUT2D eigenvalue weighted by Gasteiger charge is 2.43. The largest absolute Gasteiger partial charge is 0.424 e. The highest BCUT2D eigenvalue weighted by molar-refractivity contribution is 6.33. The van der Waals surface area contributed by atoms with Crippen molar-refractivity contribution in [2.24, 2.45) is 0 Å². The molecule has 170 valence electrons. The van der Waals surface area contributed by atoms with Crippen molar-refractivity contribution in [3.8, 4) is 23.0 Å². The second-order valence-corrected chi connectivity index (χ2v) is 9.68. The third-order valence-electron chi connectivity index (χ3n) is 6.37. The first-order valence-corrected chi connectivity index (χ1v) is 11.2. The van der Waals surface area contributed by atoms with Crippen molar-refractivity contribution >= 4 is 22.8 Å². The molecule has 1 aromatic carbocycles. The van der Waals surface area contributed by atoms with Crippen molar-refractivity contribution in [1.29, 1.82) is 0 Å². The van der Waals surface area contributed by atoms with Gasteiger partial charge in [-0.2, -0.15) is 4.98 Å². The molecule has 3 heterocycles. The first-order chi connectivity index (χ1) is 15.8. The summed E-state index contributed by atoms with van der Waals surface area (Å²) in [6.45, 7) is 4.02. The van der Waals surface area contributed by atoms with Crippen molar-refractivity contribution in [2.75, 3.05) is 13.2 Å². The minimum absolute atomic E-state index is 0.00354. The molecule has 3 aromatic heterocycles. The molecule has 0 amide bonds. The summed E-state index contributed by atoms with van der Waals surface area (Å²) in [7, 11) is 0. The zero-order chi connectivity index (χ0) is 23.2. The molecule has 8 heteroatoms. The number of aliphatic hydroxyl groups is 2. The number of pyridine rings is 2. The second kappa shape index (κ2) is 8.09. The Bertz CT molecular complexity index is 1300. The monoisotopic (exact) mass is 464 g/mol. The van der Waals surface area contributed by atoms with Crippen molar-refractivity contribution in [2.45, 2.75) is 37.5 Å². The van der Waals surface area contributed by atoms with E-state index in [2.05, 4.69) is 19.9 Å². The van der Waals surface area contributed by atoms with Gasteiger partial charge in [-0.1, -0.05) is 49.7 Å². The number of imidazole rings is 1. The lowest BCUT2D eigenvalue weighted by Gasteiger charge is -2.20. The molecular formula is C25H25ClN4O3. The van der Waals surface area contributed by atoms with E-state index in [1.54, 1.807) is 18.3 Å². The summed E-state index contributed by atoms with van der Waals surface area (Å²) >= 11 is 6.53. The van der Waals surface area contributed by atoms with Crippen LogP contribution in [0.25, 0.3) is 22.4 Å². The van der Waals surface area contributed by atoms with Crippen LogP contribution in [0.5, 0.6) is 11.8 Å². The van der Waals surface area contributed by atoms with Gasteiger partial charge in [0.25, 0.3) is 0 Å². The third-order valence-corrected chi connectivity index (χ3v) is 6.66. The van der Waals surface area contributed by atoms with Crippen LogP contribution in [0, 0.1) is 0 Å². The maximum absolute atomic E-state index is 9.66. The predicted octanol–water partition coefficient (Wildman–Crippen LogP) is 4.76. The fraction of sp³-hybridized carbons (Fsp3) is 0.320. The van der Waals surface area contributed by atoms with E-state index in [0.717, 1.165) is 29.7 Å². The number of benzene rings is 1. The summed E-state index contributed by atoms with van der Waals surface area (Å²) in [5.41, 5.74) is 4.10. The number of nitrogens with one attached hydrogen (secondary N) is 1. The maximum Gasteiger partial charge on any atom is 0.301 e. The van der Waals surface area contributed by atoms with E-state index in [1.165, 1.54) is 0 Å². The van der Waals surface area contributed by atoms with Crippen LogP contribution < -0.4 is 4.74 Å². The molecule has 3 N–H and O–H groups in total. The lowest BCUT2D eigenvalue weighted by atomic mass is 9.90. The highest BCUT2D eigenvalue weighted by Crippen LogP contribution is 2.48. The number of ether oxygens (including phenoxy) is 1. The summed E-state index contributed by atoms with van der Waals surface area (Å²) in [5.74, 6) is 0.520. The lowest BCUT2D eigenvalue weighted by molar-refractivity contribution is 0.215. The molecule has 5 rings (SSSR count). The number of aromatic amines is 1. The maximum atomic E-state index is 9.66. The Morgan fingerprint density at radius 3 is 2.45 bits per heavy atom. The predicted molar refractivity (Wildman–Crippen MR) is 127 cm³/mol. The van der Waals surface area contributed by atoms with Gasteiger partial charge in [-0.25, -0.2) is 4.98 Å². The van der Waals surface area contributed by atoms with Crippen molar-refractivity contribution in [3.63, 3.8) is 0 Å². The van der Waals surface area contributed by atoms with E-state index in [1.807, 2.05) is 44.2 Å². The van der Waals surface area contributed by atoms with E-state index in [-0.39, 0.29) is 24.6 Å². The smallest absolute Gasteiger partial charge is 0.301 e. The fourth-order valence-corrected chi connectivity index (χ4v) is 4.11. The summed E-state index contributed by atoms with van der Waals surface area (Å²) in [4.78, 5) is 16.6. The SMILES string of the molecule is CC(C)(CO)c1ccc(Oc2nc3nc(-c4ccc(C5(CO)CC5)cc4)c(Cl)cc3[nH]2)cn1. The highest BCUT2D eigenvalue weighted by atomic mass is 35.5. The minimum atomic E-state index is -0.426. The normalized spacial score (nSPS) is 15.1. The summed E-state index contributed by atoms with van der Waals surface area (Å²) in [5, 5.41) is 19.7. The number of H-pyrrole nitrogens is 1. The Morgan fingerprint density at radius 1 is 1.09 bits per heavy atom. The number of rotatable bonds is 7. The van der Waals surface area contributed by atoms with Crippen molar-refractivity contribution in [3.05, 3.63) is 64.9 Å². The van der Waals surface area contributed by atoms with Crippen LogP contribution in [0.2, 0.25) is 5.02 Å². The van der Waals surface area contributed by atoms with Gasteiger partial charge < -0.3 is 19.9 Å². The van der Waals surface area contributed by atoms with E-state index >= 15 is 0 Å².